The van der Waals surface area contributed by atoms with Gasteiger partial charge in [-0.1, -0.05) is 62.8 Å². The third-order valence-corrected chi connectivity index (χ3v) is 8.97. The maximum atomic E-state index is 12.2. The van der Waals surface area contributed by atoms with Crippen molar-refractivity contribution in [1.29, 1.82) is 0 Å². The second kappa shape index (κ2) is 18.7. The number of ether oxygens (including phenoxy) is 1. The number of aromatic nitrogens is 4. The first-order valence-electron chi connectivity index (χ1n) is 17.4. The minimum Gasteiger partial charge on any atom is -0.550 e. The van der Waals surface area contributed by atoms with Gasteiger partial charge in [0.2, 0.25) is 0 Å². The Balaban J connectivity index is 1.28. The first kappa shape index (κ1) is 39.5. The van der Waals surface area contributed by atoms with Gasteiger partial charge in [-0.25, -0.2) is 9.97 Å². The third kappa shape index (κ3) is 11.6. The number of fused-ring (bicyclic) bond motifs is 1. The van der Waals surface area contributed by atoms with Crippen molar-refractivity contribution >= 4 is 17.1 Å². The summed E-state index contributed by atoms with van der Waals surface area (Å²) in [7, 11) is 5.85. The summed E-state index contributed by atoms with van der Waals surface area (Å²) in [5, 5.41) is 53.2. The van der Waals surface area contributed by atoms with E-state index < -0.39 is 47.8 Å². The van der Waals surface area contributed by atoms with E-state index in [2.05, 4.69) is 39.3 Å². The fraction of sp³-hybridized carbons (Fsp3) is 0.714. The van der Waals surface area contributed by atoms with Crippen LogP contribution in [0.15, 0.2) is 41.8 Å². The summed E-state index contributed by atoms with van der Waals surface area (Å²) in [6.45, 7) is -0.0683. The van der Waals surface area contributed by atoms with Crippen LogP contribution in [0.2, 0.25) is 0 Å². The molecule has 3 rings (SSSR count). The van der Waals surface area contributed by atoms with Crippen LogP contribution >= 0.6 is 0 Å². The van der Waals surface area contributed by atoms with E-state index in [-0.39, 0.29) is 17.6 Å². The number of quaternary nitrogens is 1. The Morgan fingerprint density at radius 3 is 2.25 bits per heavy atom. The number of nitrogens with one attached hydrogen (secondary N) is 1. The molecule has 2 aromatic rings. The normalized spacial score (nSPS) is 23.1. The monoisotopic (exact) mass is 675 g/mol. The molecular formula is C35H57N5O8. The van der Waals surface area contributed by atoms with Gasteiger partial charge in [0.25, 0.3) is 5.56 Å². The first-order chi connectivity index (χ1) is 22.8. The van der Waals surface area contributed by atoms with Crippen molar-refractivity contribution < 1.29 is 39.5 Å². The van der Waals surface area contributed by atoms with Crippen molar-refractivity contribution in [2.45, 2.75) is 126 Å². The molecule has 13 heteroatoms. The zero-order chi connectivity index (χ0) is 35.2. The predicted molar refractivity (Wildman–Crippen MR) is 180 cm³/mol. The fourth-order valence-corrected chi connectivity index (χ4v) is 6.79. The Morgan fingerprint density at radius 2 is 1.65 bits per heavy atom. The largest absolute Gasteiger partial charge is 0.550 e. The van der Waals surface area contributed by atoms with Gasteiger partial charge in [-0.3, -0.25) is 9.36 Å². The quantitative estimate of drug-likeness (QED) is 0.0661. The molecule has 1 aliphatic heterocycles. The molecule has 0 radical (unpaired) electrons. The highest BCUT2D eigenvalue weighted by Gasteiger charge is 2.55. The Labute approximate surface area is 283 Å². The molecule has 1 saturated heterocycles. The average molecular weight is 676 g/mol. The van der Waals surface area contributed by atoms with Gasteiger partial charge in [0, 0.05) is 12.4 Å². The van der Waals surface area contributed by atoms with Crippen LogP contribution in [-0.4, -0.2) is 109 Å². The number of aromatic amines is 1. The molecule has 48 heavy (non-hydrogen) atoms. The summed E-state index contributed by atoms with van der Waals surface area (Å²) in [4.78, 5) is 34.1. The molecule has 0 aromatic carbocycles. The first-order valence-corrected chi connectivity index (χ1v) is 17.4. The molecule has 3 heterocycles. The third-order valence-electron chi connectivity index (χ3n) is 8.97. The summed E-state index contributed by atoms with van der Waals surface area (Å²) in [5.41, 5.74) is -2.68. The number of unbranched alkanes of at least 4 members (excludes halogenated alkanes) is 9. The Bertz CT molecular complexity index is 1380. The van der Waals surface area contributed by atoms with Gasteiger partial charge in [0.05, 0.1) is 40.4 Å². The lowest BCUT2D eigenvalue weighted by Gasteiger charge is -2.36. The van der Waals surface area contributed by atoms with Gasteiger partial charge >= 0.3 is 0 Å². The number of hydrogen-bond acceptors (Lipinski definition) is 10. The van der Waals surface area contributed by atoms with E-state index in [0.29, 0.717) is 30.3 Å². The SMILES string of the molecule is C[N+](C)(C)CC(O)(CCCCCCCC/C=C\C/C=C\CCCCC[C@@]1(n2cnc3c(=O)[nH]cnc32)O[C@H](CO)[C@@H](O)[C@H]1O)CC(=O)[O-]. The highest BCUT2D eigenvalue weighted by atomic mass is 16.6. The summed E-state index contributed by atoms with van der Waals surface area (Å²) in [6, 6.07) is 0. The maximum Gasteiger partial charge on any atom is 0.278 e. The number of aliphatic carboxylic acids is 1. The van der Waals surface area contributed by atoms with Gasteiger partial charge in [-0.05, 0) is 51.4 Å². The number of carbonyl (C=O) groups excluding carboxylic acids is 1. The molecule has 2 aromatic heterocycles. The van der Waals surface area contributed by atoms with Crippen LogP contribution in [0.1, 0.15) is 96.3 Å². The molecule has 13 nitrogen and oxygen atoms in total. The highest BCUT2D eigenvalue weighted by Crippen LogP contribution is 2.41. The molecule has 1 fully saturated rings. The number of carboxylic acid groups (broad SMARTS) is 1. The molecule has 0 amide bonds. The number of carboxylic acids is 1. The second-order valence-electron chi connectivity index (χ2n) is 14.3. The number of hydrogen-bond donors (Lipinski definition) is 5. The number of aliphatic hydroxyl groups is 4. The minimum absolute atomic E-state index is 0.108. The van der Waals surface area contributed by atoms with Gasteiger partial charge < -0.3 is 44.5 Å². The van der Waals surface area contributed by atoms with E-state index in [9.17, 15) is 35.1 Å². The second-order valence-corrected chi connectivity index (χ2v) is 14.3. The number of allylic oxidation sites excluding steroid dienone is 4. The summed E-state index contributed by atoms with van der Waals surface area (Å²) in [5.74, 6) is -1.20. The molecule has 0 spiro atoms. The molecule has 0 bridgehead atoms. The van der Waals surface area contributed by atoms with Crippen LogP contribution < -0.4 is 10.7 Å². The van der Waals surface area contributed by atoms with Crippen molar-refractivity contribution in [2.75, 3.05) is 34.3 Å². The van der Waals surface area contributed by atoms with E-state index in [0.717, 1.165) is 70.6 Å². The van der Waals surface area contributed by atoms with E-state index in [4.69, 9.17) is 4.74 Å². The van der Waals surface area contributed by atoms with Gasteiger partial charge in [0.15, 0.2) is 16.9 Å². The molecule has 1 aliphatic rings. The summed E-state index contributed by atoms with van der Waals surface area (Å²) >= 11 is 0. The van der Waals surface area contributed by atoms with E-state index in [1.54, 1.807) is 0 Å². The zero-order valence-corrected chi connectivity index (χ0v) is 28.9. The summed E-state index contributed by atoms with van der Waals surface area (Å²) < 4.78 is 8.07. The van der Waals surface area contributed by atoms with Crippen molar-refractivity contribution in [1.82, 2.24) is 19.5 Å². The van der Waals surface area contributed by atoms with Crippen LogP contribution in [0.25, 0.3) is 11.2 Å². The number of H-pyrrole nitrogens is 1. The van der Waals surface area contributed by atoms with Crippen LogP contribution in [0.4, 0.5) is 0 Å². The lowest BCUT2D eigenvalue weighted by molar-refractivity contribution is -0.877. The van der Waals surface area contributed by atoms with E-state index in [1.165, 1.54) is 17.2 Å². The van der Waals surface area contributed by atoms with Crippen LogP contribution in [0, 0.1) is 0 Å². The predicted octanol–water partition coefficient (Wildman–Crippen LogP) is 2.04. The zero-order valence-electron chi connectivity index (χ0n) is 28.9. The molecule has 0 aliphatic carbocycles. The summed E-state index contributed by atoms with van der Waals surface area (Å²) in [6.07, 6.45) is 19.9. The smallest absolute Gasteiger partial charge is 0.278 e. The molecule has 1 unspecified atom stereocenters. The molecular weight excluding hydrogens is 618 g/mol. The topological polar surface area (TPSA) is 194 Å². The lowest BCUT2D eigenvalue weighted by atomic mass is 9.91. The number of nitrogens with zero attached hydrogens (tertiary/aromatic N) is 4. The Morgan fingerprint density at radius 1 is 1.02 bits per heavy atom. The van der Waals surface area contributed by atoms with Crippen molar-refractivity contribution in [3.63, 3.8) is 0 Å². The van der Waals surface area contributed by atoms with Gasteiger partial charge in [-0.2, -0.15) is 0 Å². The minimum atomic E-state index is -1.40. The average Bonchev–Trinajstić information content (AvgIpc) is 3.55. The van der Waals surface area contributed by atoms with E-state index >= 15 is 0 Å². The van der Waals surface area contributed by atoms with Crippen LogP contribution in [0.5, 0.6) is 0 Å². The van der Waals surface area contributed by atoms with Crippen LogP contribution in [0.3, 0.4) is 0 Å². The molecule has 0 saturated carbocycles. The van der Waals surface area contributed by atoms with Crippen molar-refractivity contribution in [2.24, 2.45) is 0 Å². The van der Waals surface area contributed by atoms with Crippen LogP contribution in [-0.2, 0) is 15.3 Å². The number of carbonyl (C=O) groups is 1. The number of likely N-dealkylation sites (N-methyl/N-ethyl adjacent to an activating group) is 1. The molecule has 270 valence electrons. The lowest BCUT2D eigenvalue weighted by Crippen LogP contribution is -2.51. The standard InChI is InChI=1S/C35H57N5O8/c1-40(2,3)24-34(47,22-28(42)43)20-18-16-14-12-10-8-6-4-5-7-9-11-13-15-17-19-21-35(31(45)30(44)27(23-41)48-35)39-26-38-29-32(39)36-25-37-33(29)46/h4-5,9,11,25-27,30-31,41,44-45,47H,6-8,10,12-24H2,1-3H3,(H-,36,37,42,43,46)/b5-4-,11-9-/t27-,30-,31-,34?,35-/m1/s1. The maximum absolute atomic E-state index is 12.2. The van der Waals surface area contributed by atoms with Gasteiger partial charge in [0.1, 0.15) is 30.5 Å². The Hall–Kier alpha value is -2.94. The van der Waals surface area contributed by atoms with Crippen molar-refractivity contribution in [3.05, 3.63) is 47.3 Å². The Kier molecular flexibility index (Phi) is 15.4. The molecule has 5 atom stereocenters. The molecule has 5 N–H and O–H groups in total. The van der Waals surface area contributed by atoms with Gasteiger partial charge in [-0.15, -0.1) is 0 Å². The number of rotatable bonds is 23. The van der Waals surface area contributed by atoms with E-state index in [1.807, 2.05) is 21.1 Å². The fourth-order valence-electron chi connectivity index (χ4n) is 6.79. The number of imidazole rings is 1. The highest BCUT2D eigenvalue weighted by molar-refractivity contribution is 5.69. The number of aliphatic hydroxyl groups excluding tert-OH is 3. The van der Waals surface area contributed by atoms with Crippen molar-refractivity contribution in [3.8, 4) is 0 Å².